The van der Waals surface area contributed by atoms with E-state index < -0.39 is 0 Å². The summed E-state index contributed by atoms with van der Waals surface area (Å²) in [5.74, 6) is 0.000246. The molecule has 2 aromatic heterocycles. The number of unbranched alkanes of at least 4 members (excludes halogenated alkanes) is 1. The van der Waals surface area contributed by atoms with Crippen molar-refractivity contribution in [3.05, 3.63) is 70.2 Å². The van der Waals surface area contributed by atoms with Gasteiger partial charge in [0.1, 0.15) is 11.4 Å². The van der Waals surface area contributed by atoms with E-state index in [4.69, 9.17) is 21.8 Å². The Morgan fingerprint density at radius 3 is 2.83 bits per heavy atom. The summed E-state index contributed by atoms with van der Waals surface area (Å²) in [5, 5.41) is 26.7. The molecule has 4 rings (SSSR count). The molecule has 3 aromatic rings. The number of benzene rings is 1. The third kappa shape index (κ3) is 4.39. The zero-order chi connectivity index (χ0) is 20.9. The van der Waals surface area contributed by atoms with E-state index in [2.05, 4.69) is 27.6 Å². The van der Waals surface area contributed by atoms with Crippen LogP contribution in [0, 0.1) is 0 Å². The topological polar surface area (TPSA) is 90.6 Å². The number of pyridine rings is 2. The number of hydrogen-bond donors (Lipinski definition) is 3. The van der Waals surface area contributed by atoms with Crippen LogP contribution in [0.5, 0.6) is 5.75 Å². The standard InChI is InChI=1S/C23H23ClN4O2/c24-15-8-10-20-18(13-15)23(17-6-1-2-7-19(17)28-20)25-12-4-3-5-16-9-11-22(29)21(27-16)14-26-30/h1-2,8-11,13-14,29-30H,3-7,12H2,(H,25,28)/b26-14+. The number of aromatic nitrogens is 2. The summed E-state index contributed by atoms with van der Waals surface area (Å²) in [6.45, 7) is 0.824. The molecule has 0 bridgehead atoms. The van der Waals surface area contributed by atoms with Crippen molar-refractivity contribution >= 4 is 34.4 Å². The third-order valence-corrected chi connectivity index (χ3v) is 5.47. The first-order valence-electron chi connectivity index (χ1n) is 10.0. The molecule has 2 heterocycles. The summed E-state index contributed by atoms with van der Waals surface area (Å²) < 4.78 is 0. The van der Waals surface area contributed by atoms with E-state index in [1.165, 1.54) is 5.56 Å². The van der Waals surface area contributed by atoms with Gasteiger partial charge in [-0.15, -0.1) is 0 Å². The molecule has 0 aliphatic heterocycles. The Kier molecular flexibility index (Phi) is 6.14. The highest BCUT2D eigenvalue weighted by molar-refractivity contribution is 6.31. The molecule has 0 saturated heterocycles. The number of rotatable bonds is 7. The highest BCUT2D eigenvalue weighted by atomic mass is 35.5. The van der Waals surface area contributed by atoms with Crippen molar-refractivity contribution in [1.29, 1.82) is 0 Å². The van der Waals surface area contributed by atoms with Crippen molar-refractivity contribution in [3.63, 3.8) is 0 Å². The lowest BCUT2D eigenvalue weighted by molar-refractivity contribution is 0.321. The first kappa shape index (κ1) is 20.2. The molecule has 154 valence electrons. The van der Waals surface area contributed by atoms with Crippen molar-refractivity contribution in [2.75, 3.05) is 11.9 Å². The molecule has 0 radical (unpaired) electrons. The van der Waals surface area contributed by atoms with E-state index in [-0.39, 0.29) is 11.4 Å². The molecular weight excluding hydrogens is 400 g/mol. The predicted octanol–water partition coefficient (Wildman–Crippen LogP) is 4.89. The Morgan fingerprint density at radius 1 is 1.10 bits per heavy atom. The zero-order valence-electron chi connectivity index (χ0n) is 16.5. The maximum absolute atomic E-state index is 9.71. The molecule has 0 spiro atoms. The number of allylic oxidation sites excluding steroid dienone is 2. The second kappa shape index (κ2) is 9.13. The molecule has 0 atom stereocenters. The van der Waals surface area contributed by atoms with Crippen LogP contribution in [0.15, 0.2) is 47.6 Å². The van der Waals surface area contributed by atoms with Crippen LogP contribution in [0.3, 0.4) is 0 Å². The summed E-state index contributed by atoms with van der Waals surface area (Å²) in [4.78, 5) is 9.14. The summed E-state index contributed by atoms with van der Waals surface area (Å²) in [5.41, 5.74) is 5.59. The summed E-state index contributed by atoms with van der Waals surface area (Å²) in [6, 6.07) is 9.20. The minimum Gasteiger partial charge on any atom is -0.506 e. The fourth-order valence-electron chi connectivity index (χ4n) is 3.76. The number of aromatic hydroxyl groups is 1. The largest absolute Gasteiger partial charge is 0.506 e. The highest BCUT2D eigenvalue weighted by Crippen LogP contribution is 2.33. The van der Waals surface area contributed by atoms with Gasteiger partial charge in [-0.25, -0.2) is 4.98 Å². The van der Waals surface area contributed by atoms with Crippen LogP contribution in [-0.2, 0) is 19.3 Å². The van der Waals surface area contributed by atoms with E-state index in [9.17, 15) is 5.11 Å². The monoisotopic (exact) mass is 422 g/mol. The van der Waals surface area contributed by atoms with Gasteiger partial charge in [0, 0.05) is 40.3 Å². The van der Waals surface area contributed by atoms with Crippen LogP contribution in [0.25, 0.3) is 10.9 Å². The quantitative estimate of drug-likeness (QED) is 0.166. The van der Waals surface area contributed by atoms with Gasteiger partial charge >= 0.3 is 0 Å². The summed E-state index contributed by atoms with van der Waals surface area (Å²) >= 11 is 6.25. The van der Waals surface area contributed by atoms with Gasteiger partial charge in [0.2, 0.25) is 0 Å². The van der Waals surface area contributed by atoms with Crippen molar-refractivity contribution < 1.29 is 10.3 Å². The molecule has 0 unspecified atom stereocenters. The molecular formula is C23H23ClN4O2. The molecule has 0 saturated carbocycles. The van der Waals surface area contributed by atoms with Crippen molar-refractivity contribution in [2.45, 2.75) is 32.1 Å². The van der Waals surface area contributed by atoms with Crippen molar-refractivity contribution in [2.24, 2.45) is 5.16 Å². The summed E-state index contributed by atoms with van der Waals surface area (Å²) in [6.07, 6.45) is 9.90. The minimum atomic E-state index is 0.000246. The Hall–Kier alpha value is -3.12. The number of nitrogens with zero attached hydrogens (tertiary/aromatic N) is 3. The SMILES string of the molecule is O/N=C/c1nc(CCCCNc2c3c(nc4ccc(Cl)cc24)CC=CC3)ccc1O. The average molecular weight is 423 g/mol. The Morgan fingerprint density at radius 2 is 1.97 bits per heavy atom. The number of halogens is 1. The molecule has 6 nitrogen and oxygen atoms in total. The van der Waals surface area contributed by atoms with Crippen LogP contribution in [0.2, 0.25) is 5.02 Å². The van der Waals surface area contributed by atoms with Gasteiger partial charge in [0.25, 0.3) is 0 Å². The smallest absolute Gasteiger partial charge is 0.142 e. The van der Waals surface area contributed by atoms with Gasteiger partial charge in [0.05, 0.1) is 17.4 Å². The van der Waals surface area contributed by atoms with E-state index >= 15 is 0 Å². The number of aryl methyl sites for hydroxylation is 1. The van der Waals surface area contributed by atoms with Crippen molar-refractivity contribution in [1.82, 2.24) is 9.97 Å². The molecule has 3 N–H and O–H groups in total. The fraction of sp³-hybridized carbons (Fsp3) is 0.261. The average Bonchev–Trinajstić information content (AvgIpc) is 2.75. The van der Waals surface area contributed by atoms with E-state index in [1.807, 2.05) is 18.2 Å². The first-order chi connectivity index (χ1) is 14.7. The molecule has 1 aliphatic carbocycles. The Bertz CT molecular complexity index is 1130. The highest BCUT2D eigenvalue weighted by Gasteiger charge is 2.16. The molecule has 0 amide bonds. The number of nitrogens with one attached hydrogen (secondary N) is 1. The predicted molar refractivity (Wildman–Crippen MR) is 120 cm³/mol. The lowest BCUT2D eigenvalue weighted by Gasteiger charge is -2.19. The molecule has 7 heteroatoms. The van der Waals surface area contributed by atoms with Gasteiger partial charge in [0.15, 0.2) is 0 Å². The molecule has 0 fully saturated rings. The van der Waals surface area contributed by atoms with E-state index in [0.29, 0.717) is 5.02 Å². The zero-order valence-corrected chi connectivity index (χ0v) is 17.2. The van der Waals surface area contributed by atoms with Crippen molar-refractivity contribution in [3.8, 4) is 5.75 Å². The molecule has 30 heavy (non-hydrogen) atoms. The van der Waals surface area contributed by atoms with Crippen LogP contribution in [0.1, 0.15) is 35.5 Å². The normalized spacial score (nSPS) is 13.1. The maximum Gasteiger partial charge on any atom is 0.142 e. The van der Waals surface area contributed by atoms with Gasteiger partial charge in [-0.05, 0) is 56.0 Å². The molecule has 1 aromatic carbocycles. The first-order valence-corrected chi connectivity index (χ1v) is 10.4. The number of fused-ring (bicyclic) bond motifs is 2. The maximum atomic E-state index is 9.71. The van der Waals surface area contributed by atoms with Gasteiger partial charge in [-0.3, -0.25) is 4.98 Å². The Labute approximate surface area is 179 Å². The number of anilines is 1. The second-order valence-electron chi connectivity index (χ2n) is 7.29. The van der Waals surface area contributed by atoms with Gasteiger partial charge < -0.3 is 15.6 Å². The summed E-state index contributed by atoms with van der Waals surface area (Å²) in [7, 11) is 0. The Balaban J connectivity index is 1.43. The lowest BCUT2D eigenvalue weighted by atomic mass is 9.97. The third-order valence-electron chi connectivity index (χ3n) is 5.23. The van der Waals surface area contributed by atoms with Gasteiger partial charge in [-0.2, -0.15) is 0 Å². The number of oxime groups is 1. The van der Waals surface area contributed by atoms with Gasteiger partial charge in [-0.1, -0.05) is 28.9 Å². The lowest BCUT2D eigenvalue weighted by Crippen LogP contribution is -2.10. The number of hydrogen-bond acceptors (Lipinski definition) is 6. The van der Waals surface area contributed by atoms with Crippen LogP contribution in [-0.4, -0.2) is 33.0 Å². The second-order valence-corrected chi connectivity index (χ2v) is 7.73. The van der Waals surface area contributed by atoms with Crippen LogP contribution in [0.4, 0.5) is 5.69 Å². The fourth-order valence-corrected chi connectivity index (χ4v) is 3.93. The van der Waals surface area contributed by atoms with Crippen LogP contribution < -0.4 is 5.32 Å². The minimum absolute atomic E-state index is 0.000246. The molecule has 1 aliphatic rings. The van der Waals surface area contributed by atoms with Crippen LogP contribution >= 0.6 is 11.6 Å². The van der Waals surface area contributed by atoms with E-state index in [1.54, 1.807) is 12.1 Å². The van der Waals surface area contributed by atoms with E-state index in [0.717, 1.165) is 72.8 Å².